The molecule has 0 aliphatic carbocycles. The van der Waals surface area contributed by atoms with Crippen molar-refractivity contribution in [3.05, 3.63) is 40.3 Å². The van der Waals surface area contributed by atoms with Gasteiger partial charge in [-0.2, -0.15) is 4.31 Å². The van der Waals surface area contributed by atoms with Crippen LogP contribution in [-0.4, -0.2) is 37.6 Å². The first-order valence-electron chi connectivity index (χ1n) is 5.63. The number of hydrogen-bond donors (Lipinski definition) is 1. The van der Waals surface area contributed by atoms with Gasteiger partial charge in [0, 0.05) is 10.4 Å². The van der Waals surface area contributed by atoms with E-state index in [-0.39, 0.29) is 13.1 Å². The number of amides is 2. The van der Waals surface area contributed by atoms with Crippen LogP contribution in [0.5, 0.6) is 0 Å². The minimum Gasteiger partial charge on any atom is -0.294 e. The van der Waals surface area contributed by atoms with E-state index in [1.165, 1.54) is 6.08 Å². The summed E-state index contributed by atoms with van der Waals surface area (Å²) in [6.07, 6.45) is 1.38. The number of nitrogens with zero attached hydrogens (tertiary/aromatic N) is 1. The summed E-state index contributed by atoms with van der Waals surface area (Å²) in [4.78, 5) is 22.3. The largest absolute Gasteiger partial charge is 0.294 e. The molecule has 6 nitrogen and oxygen atoms in total. The van der Waals surface area contributed by atoms with Crippen LogP contribution in [0, 0.1) is 0 Å². The molecule has 1 aromatic rings. The Bertz CT molecular complexity index is 651. The predicted octanol–water partition coefficient (Wildman–Crippen LogP) is 0.599. The number of nitrogens with one attached hydrogen (secondary N) is 1. The smallest absolute Gasteiger partial charge is 0.241 e. The topological polar surface area (TPSA) is 83.6 Å². The van der Waals surface area contributed by atoms with Gasteiger partial charge in [0.2, 0.25) is 21.8 Å². The number of rotatable bonds is 3. The fourth-order valence-electron chi connectivity index (χ4n) is 1.62. The number of hydrogen-bond acceptors (Lipinski definition) is 4. The fraction of sp³-hybridized carbons (Fsp3) is 0.167. The molecule has 2 rings (SSSR count). The summed E-state index contributed by atoms with van der Waals surface area (Å²) in [7, 11) is -3.82. The Morgan fingerprint density at radius 3 is 2.20 bits per heavy atom. The van der Waals surface area contributed by atoms with E-state index in [9.17, 15) is 18.0 Å². The van der Waals surface area contributed by atoms with Crippen LogP contribution in [0.4, 0.5) is 0 Å². The minimum absolute atomic E-state index is 0.362. The molecule has 1 aliphatic heterocycles. The van der Waals surface area contributed by atoms with Crippen LogP contribution in [0.15, 0.2) is 29.7 Å². The Hall–Kier alpha value is -1.70. The lowest BCUT2D eigenvalue weighted by Gasteiger charge is -2.23. The van der Waals surface area contributed by atoms with Gasteiger partial charge < -0.3 is 0 Å². The van der Waals surface area contributed by atoms with Gasteiger partial charge in [-0.3, -0.25) is 14.9 Å². The number of piperazine rings is 1. The Balaban J connectivity index is 2.16. The monoisotopic (exact) mass is 314 g/mol. The molecular formula is C12H11ClN2O4S. The van der Waals surface area contributed by atoms with E-state index >= 15 is 0 Å². The second kappa shape index (κ2) is 5.74. The molecule has 106 valence electrons. The van der Waals surface area contributed by atoms with E-state index in [2.05, 4.69) is 0 Å². The van der Waals surface area contributed by atoms with E-state index in [0.29, 0.717) is 10.6 Å². The Kier molecular flexibility index (Phi) is 4.22. The average molecular weight is 315 g/mol. The van der Waals surface area contributed by atoms with Crippen LogP contribution in [0.3, 0.4) is 0 Å². The van der Waals surface area contributed by atoms with Crippen molar-refractivity contribution in [1.29, 1.82) is 0 Å². The standard InChI is InChI=1S/C12H11ClN2O4S/c13-10-3-1-9(2-4-10)5-6-20(18,19)15-7-11(16)14-12(17)8-15/h1-6H,7-8H2,(H,14,16,17). The normalized spacial score (nSPS) is 17.4. The molecule has 1 N–H and O–H groups in total. The highest BCUT2D eigenvalue weighted by Gasteiger charge is 2.29. The van der Waals surface area contributed by atoms with Crippen molar-refractivity contribution in [1.82, 2.24) is 9.62 Å². The molecular weight excluding hydrogens is 304 g/mol. The van der Waals surface area contributed by atoms with E-state index in [0.717, 1.165) is 9.71 Å². The number of halogens is 1. The van der Waals surface area contributed by atoms with Crippen molar-refractivity contribution in [2.24, 2.45) is 0 Å². The molecule has 20 heavy (non-hydrogen) atoms. The van der Waals surface area contributed by atoms with Crippen molar-refractivity contribution in [3.8, 4) is 0 Å². The first kappa shape index (κ1) is 14.7. The molecule has 0 bridgehead atoms. The lowest BCUT2D eigenvalue weighted by atomic mass is 10.2. The molecule has 1 saturated heterocycles. The highest BCUT2D eigenvalue weighted by Crippen LogP contribution is 2.13. The SMILES string of the molecule is O=C1CN(S(=O)(=O)C=Cc2ccc(Cl)cc2)CC(=O)N1. The minimum atomic E-state index is -3.82. The van der Waals surface area contributed by atoms with Crippen molar-refractivity contribution < 1.29 is 18.0 Å². The highest BCUT2D eigenvalue weighted by molar-refractivity contribution is 7.92. The third-order valence-corrected chi connectivity index (χ3v) is 4.29. The first-order chi connectivity index (χ1) is 9.37. The van der Waals surface area contributed by atoms with E-state index in [1.54, 1.807) is 24.3 Å². The molecule has 0 saturated carbocycles. The fourth-order valence-corrected chi connectivity index (χ4v) is 2.84. The molecule has 2 amide bonds. The van der Waals surface area contributed by atoms with Gasteiger partial charge >= 0.3 is 0 Å². The summed E-state index contributed by atoms with van der Waals surface area (Å²) < 4.78 is 24.8. The van der Waals surface area contributed by atoms with Gasteiger partial charge in [0.1, 0.15) is 0 Å². The van der Waals surface area contributed by atoms with Gasteiger partial charge in [-0.15, -0.1) is 0 Å². The maximum absolute atomic E-state index is 12.0. The van der Waals surface area contributed by atoms with E-state index in [4.69, 9.17) is 11.6 Å². The molecule has 1 aliphatic rings. The van der Waals surface area contributed by atoms with Crippen molar-refractivity contribution in [2.75, 3.05) is 13.1 Å². The third kappa shape index (κ3) is 3.66. The van der Waals surface area contributed by atoms with E-state index in [1.807, 2.05) is 5.32 Å². The second-order valence-electron chi connectivity index (χ2n) is 4.14. The first-order valence-corrected chi connectivity index (χ1v) is 7.51. The zero-order valence-corrected chi connectivity index (χ0v) is 11.8. The summed E-state index contributed by atoms with van der Waals surface area (Å²) >= 11 is 5.72. The highest BCUT2D eigenvalue weighted by atomic mass is 35.5. The van der Waals surface area contributed by atoms with Crippen molar-refractivity contribution >= 4 is 39.5 Å². The third-order valence-electron chi connectivity index (χ3n) is 2.58. The van der Waals surface area contributed by atoms with Gasteiger partial charge in [0.15, 0.2) is 0 Å². The van der Waals surface area contributed by atoms with Gasteiger partial charge in [-0.1, -0.05) is 23.7 Å². The Morgan fingerprint density at radius 2 is 1.65 bits per heavy atom. The zero-order valence-electron chi connectivity index (χ0n) is 10.2. The Labute approximate surface area is 121 Å². The molecule has 0 atom stereocenters. The summed E-state index contributed by atoms with van der Waals surface area (Å²) in [5.41, 5.74) is 0.644. The molecule has 0 spiro atoms. The lowest BCUT2D eigenvalue weighted by Crippen LogP contribution is -2.52. The number of carbonyl (C=O) groups excluding carboxylic acids is 2. The number of sulfonamides is 1. The summed E-state index contributed by atoms with van der Waals surface area (Å²) in [5.74, 6) is -1.27. The van der Waals surface area contributed by atoms with Crippen LogP contribution in [0.25, 0.3) is 6.08 Å². The average Bonchev–Trinajstić information content (AvgIpc) is 2.37. The summed E-state index contributed by atoms with van der Waals surface area (Å²) in [6.45, 7) is -0.724. The molecule has 1 aromatic carbocycles. The van der Waals surface area contributed by atoms with Gasteiger partial charge in [-0.25, -0.2) is 8.42 Å². The van der Waals surface area contributed by atoms with Crippen LogP contribution in [0.2, 0.25) is 5.02 Å². The molecule has 0 unspecified atom stereocenters. The van der Waals surface area contributed by atoms with Gasteiger partial charge in [0.05, 0.1) is 13.1 Å². The molecule has 1 heterocycles. The maximum atomic E-state index is 12.0. The van der Waals surface area contributed by atoms with Crippen LogP contribution >= 0.6 is 11.6 Å². The van der Waals surface area contributed by atoms with Crippen molar-refractivity contribution in [2.45, 2.75) is 0 Å². The van der Waals surface area contributed by atoms with Crippen molar-refractivity contribution in [3.63, 3.8) is 0 Å². The molecule has 0 aromatic heterocycles. The number of imide groups is 1. The summed E-state index contributed by atoms with van der Waals surface area (Å²) in [6, 6.07) is 6.57. The van der Waals surface area contributed by atoms with Crippen LogP contribution < -0.4 is 5.32 Å². The summed E-state index contributed by atoms with van der Waals surface area (Å²) in [5, 5.41) is 3.54. The van der Waals surface area contributed by atoms with Gasteiger partial charge in [0.25, 0.3) is 0 Å². The quantitative estimate of drug-likeness (QED) is 0.828. The maximum Gasteiger partial charge on any atom is 0.241 e. The predicted molar refractivity (Wildman–Crippen MR) is 74.1 cm³/mol. The Morgan fingerprint density at radius 1 is 1.10 bits per heavy atom. The molecule has 0 radical (unpaired) electrons. The molecule has 1 fully saturated rings. The van der Waals surface area contributed by atoms with Crippen LogP contribution in [-0.2, 0) is 19.6 Å². The van der Waals surface area contributed by atoms with E-state index < -0.39 is 21.8 Å². The second-order valence-corrected chi connectivity index (χ2v) is 6.39. The lowest BCUT2D eigenvalue weighted by molar-refractivity contribution is -0.134. The number of carbonyl (C=O) groups is 2. The zero-order chi connectivity index (χ0) is 14.8. The molecule has 8 heteroatoms. The number of benzene rings is 1. The van der Waals surface area contributed by atoms with Gasteiger partial charge in [-0.05, 0) is 23.8 Å². The van der Waals surface area contributed by atoms with Crippen LogP contribution in [0.1, 0.15) is 5.56 Å².